The van der Waals surface area contributed by atoms with Crippen molar-refractivity contribution in [2.45, 2.75) is 25.4 Å². The fourth-order valence-electron chi connectivity index (χ4n) is 4.40. The smallest absolute Gasteiger partial charge is 0.265 e. The van der Waals surface area contributed by atoms with E-state index in [-0.39, 0.29) is 18.4 Å². The predicted molar refractivity (Wildman–Crippen MR) is 108 cm³/mol. The molecule has 2 aromatic carbocycles. The van der Waals surface area contributed by atoms with Gasteiger partial charge in [0, 0.05) is 18.7 Å². The highest BCUT2D eigenvalue weighted by molar-refractivity contribution is 6.08. The van der Waals surface area contributed by atoms with Crippen molar-refractivity contribution in [1.82, 2.24) is 4.90 Å². The highest BCUT2D eigenvalue weighted by Crippen LogP contribution is 2.35. The molecule has 6 heteroatoms. The molecule has 1 atom stereocenters. The second-order valence-corrected chi connectivity index (χ2v) is 7.76. The van der Waals surface area contributed by atoms with Crippen LogP contribution in [0.25, 0.3) is 0 Å². The summed E-state index contributed by atoms with van der Waals surface area (Å²) in [6.45, 7) is 2.39. The number of ether oxygens (including phenoxy) is 2. The number of hydrogen-bond acceptors (Lipinski definition) is 4. The first-order valence-corrected chi connectivity index (χ1v) is 10.3. The number of para-hydroxylation sites is 2. The molecule has 2 aliphatic heterocycles. The number of amides is 2. The summed E-state index contributed by atoms with van der Waals surface area (Å²) in [5.74, 6) is 0.393. The summed E-state index contributed by atoms with van der Waals surface area (Å²) in [5, 5.41) is 0. The number of fused-ring (bicyclic) bond motifs is 2. The van der Waals surface area contributed by atoms with Crippen LogP contribution in [-0.2, 0) is 22.4 Å². The van der Waals surface area contributed by atoms with Gasteiger partial charge in [0.25, 0.3) is 11.8 Å². The second-order valence-electron chi connectivity index (χ2n) is 7.76. The van der Waals surface area contributed by atoms with Gasteiger partial charge in [-0.15, -0.1) is 0 Å². The summed E-state index contributed by atoms with van der Waals surface area (Å²) in [7, 11) is 0. The Balaban J connectivity index is 1.44. The van der Waals surface area contributed by atoms with E-state index in [0.717, 1.165) is 19.3 Å². The summed E-state index contributed by atoms with van der Waals surface area (Å²) >= 11 is 0. The lowest BCUT2D eigenvalue weighted by Gasteiger charge is -2.37. The summed E-state index contributed by atoms with van der Waals surface area (Å²) in [6.07, 6.45) is 2.54. The van der Waals surface area contributed by atoms with Crippen molar-refractivity contribution in [2.75, 3.05) is 37.7 Å². The molecule has 2 aromatic rings. The minimum absolute atomic E-state index is 0.0878. The summed E-state index contributed by atoms with van der Waals surface area (Å²) in [6, 6.07) is 13.4. The van der Waals surface area contributed by atoms with Crippen molar-refractivity contribution in [1.29, 1.82) is 0 Å². The predicted octanol–water partition coefficient (Wildman–Crippen LogP) is 2.44. The van der Waals surface area contributed by atoms with E-state index in [1.165, 1.54) is 11.1 Å². The Morgan fingerprint density at radius 1 is 0.966 bits per heavy atom. The minimum Gasteiger partial charge on any atom is -0.476 e. The molecule has 29 heavy (non-hydrogen) atoms. The molecule has 0 spiro atoms. The van der Waals surface area contributed by atoms with Crippen LogP contribution in [0.1, 0.15) is 27.9 Å². The monoisotopic (exact) mass is 392 g/mol. The number of nitrogens with zero attached hydrogens (tertiary/aromatic N) is 2. The first-order valence-electron chi connectivity index (χ1n) is 10.3. The van der Waals surface area contributed by atoms with Gasteiger partial charge >= 0.3 is 0 Å². The fourth-order valence-corrected chi connectivity index (χ4v) is 4.40. The van der Waals surface area contributed by atoms with Gasteiger partial charge in [0.2, 0.25) is 0 Å². The van der Waals surface area contributed by atoms with Crippen LogP contribution in [0.15, 0.2) is 42.5 Å². The highest BCUT2D eigenvalue weighted by Gasteiger charge is 2.36. The zero-order valence-electron chi connectivity index (χ0n) is 16.3. The molecule has 0 unspecified atom stereocenters. The number of hydrogen-bond donors (Lipinski definition) is 0. The Bertz CT molecular complexity index is 952. The SMILES string of the molecule is O=C([C@H]1CN(C(=O)c2ccc3c(c2)CCC3)c2ccccc2O1)N1CCOCC1. The van der Waals surface area contributed by atoms with E-state index in [1.54, 1.807) is 9.80 Å². The van der Waals surface area contributed by atoms with E-state index >= 15 is 0 Å². The van der Waals surface area contributed by atoms with E-state index in [0.29, 0.717) is 43.3 Å². The van der Waals surface area contributed by atoms with Crippen molar-refractivity contribution < 1.29 is 19.1 Å². The van der Waals surface area contributed by atoms with Gasteiger partial charge in [-0.25, -0.2) is 0 Å². The third-order valence-electron chi connectivity index (χ3n) is 5.96. The lowest BCUT2D eigenvalue weighted by molar-refractivity contribution is -0.142. The third kappa shape index (κ3) is 3.38. The molecule has 0 N–H and O–H groups in total. The number of benzene rings is 2. The molecule has 0 bridgehead atoms. The fraction of sp³-hybridized carbons (Fsp3) is 0.391. The molecule has 6 nitrogen and oxygen atoms in total. The molecule has 1 aliphatic carbocycles. The van der Waals surface area contributed by atoms with Gasteiger partial charge in [-0.05, 0) is 54.7 Å². The number of aryl methyl sites for hydroxylation is 2. The Morgan fingerprint density at radius 2 is 1.76 bits per heavy atom. The topological polar surface area (TPSA) is 59.1 Å². The van der Waals surface area contributed by atoms with Gasteiger partial charge in [0.15, 0.2) is 6.10 Å². The highest BCUT2D eigenvalue weighted by atomic mass is 16.5. The number of rotatable bonds is 2. The van der Waals surface area contributed by atoms with Gasteiger partial charge in [-0.1, -0.05) is 18.2 Å². The summed E-state index contributed by atoms with van der Waals surface area (Å²) in [5.41, 5.74) is 3.98. The van der Waals surface area contributed by atoms with Gasteiger partial charge < -0.3 is 19.3 Å². The number of morpholine rings is 1. The van der Waals surface area contributed by atoms with Gasteiger partial charge in [-0.2, -0.15) is 0 Å². The van der Waals surface area contributed by atoms with Crippen molar-refractivity contribution in [2.24, 2.45) is 0 Å². The molecule has 1 saturated heterocycles. The summed E-state index contributed by atoms with van der Waals surface area (Å²) < 4.78 is 11.4. The van der Waals surface area contributed by atoms with E-state index in [1.807, 2.05) is 36.4 Å². The Morgan fingerprint density at radius 3 is 2.62 bits per heavy atom. The molecule has 2 amide bonds. The van der Waals surface area contributed by atoms with Crippen LogP contribution in [-0.4, -0.2) is 55.7 Å². The van der Waals surface area contributed by atoms with Crippen LogP contribution >= 0.6 is 0 Å². The van der Waals surface area contributed by atoms with Crippen molar-refractivity contribution in [3.8, 4) is 5.75 Å². The quantitative estimate of drug-likeness (QED) is 0.788. The normalized spacial score (nSPS) is 20.6. The largest absolute Gasteiger partial charge is 0.476 e. The zero-order chi connectivity index (χ0) is 19.8. The first kappa shape index (κ1) is 18.2. The maximum absolute atomic E-state index is 13.4. The average Bonchev–Trinajstić information content (AvgIpc) is 3.26. The van der Waals surface area contributed by atoms with E-state index in [2.05, 4.69) is 6.07 Å². The molecule has 0 aromatic heterocycles. The van der Waals surface area contributed by atoms with Gasteiger partial charge in [0.1, 0.15) is 5.75 Å². The van der Waals surface area contributed by atoms with Crippen LogP contribution in [0, 0.1) is 0 Å². The Hall–Kier alpha value is -2.86. The Labute approximate surface area is 170 Å². The van der Waals surface area contributed by atoms with Crippen LogP contribution < -0.4 is 9.64 Å². The molecular formula is C23H24N2O4. The zero-order valence-corrected chi connectivity index (χ0v) is 16.3. The van der Waals surface area contributed by atoms with E-state index < -0.39 is 6.10 Å². The molecule has 0 saturated carbocycles. The molecule has 5 rings (SSSR count). The minimum atomic E-state index is -0.707. The molecule has 150 valence electrons. The average molecular weight is 392 g/mol. The maximum Gasteiger partial charge on any atom is 0.265 e. The van der Waals surface area contributed by atoms with Crippen LogP contribution in [0.4, 0.5) is 5.69 Å². The summed E-state index contributed by atoms with van der Waals surface area (Å²) in [4.78, 5) is 29.9. The Kier molecular flexibility index (Phi) is 4.72. The first-order chi connectivity index (χ1) is 14.2. The van der Waals surface area contributed by atoms with E-state index in [4.69, 9.17) is 9.47 Å². The molecule has 0 radical (unpaired) electrons. The molecule has 2 heterocycles. The van der Waals surface area contributed by atoms with Gasteiger partial charge in [-0.3, -0.25) is 9.59 Å². The third-order valence-corrected chi connectivity index (χ3v) is 5.96. The lowest BCUT2D eigenvalue weighted by atomic mass is 10.0. The molecule has 1 fully saturated rings. The number of carbonyl (C=O) groups excluding carboxylic acids is 2. The van der Waals surface area contributed by atoms with Crippen LogP contribution in [0.2, 0.25) is 0 Å². The van der Waals surface area contributed by atoms with E-state index in [9.17, 15) is 9.59 Å². The van der Waals surface area contributed by atoms with Crippen molar-refractivity contribution in [3.63, 3.8) is 0 Å². The number of carbonyl (C=O) groups is 2. The van der Waals surface area contributed by atoms with Crippen LogP contribution in [0.5, 0.6) is 5.75 Å². The maximum atomic E-state index is 13.4. The van der Waals surface area contributed by atoms with Crippen molar-refractivity contribution >= 4 is 17.5 Å². The number of anilines is 1. The molecular weight excluding hydrogens is 368 g/mol. The van der Waals surface area contributed by atoms with Crippen LogP contribution in [0.3, 0.4) is 0 Å². The standard InChI is InChI=1S/C23H24N2O4/c26-22(18-9-8-16-4-3-5-17(16)14-18)25-15-21(23(27)24-10-12-28-13-11-24)29-20-7-2-1-6-19(20)25/h1-2,6-9,14,21H,3-5,10-13,15H2/t21-/m1/s1. The van der Waals surface area contributed by atoms with Crippen molar-refractivity contribution in [3.05, 3.63) is 59.2 Å². The molecule has 3 aliphatic rings. The second kappa shape index (κ2) is 7.52. The lowest BCUT2D eigenvalue weighted by Crippen LogP contribution is -2.54. The van der Waals surface area contributed by atoms with Gasteiger partial charge in [0.05, 0.1) is 25.4 Å².